The van der Waals surface area contributed by atoms with E-state index < -0.39 is 0 Å². The van der Waals surface area contributed by atoms with E-state index in [1.807, 2.05) is 48.5 Å². The number of rotatable bonds is 5. The first-order chi connectivity index (χ1) is 15.2. The zero-order chi connectivity index (χ0) is 21.6. The van der Waals surface area contributed by atoms with Crippen molar-refractivity contribution in [3.05, 3.63) is 89.3 Å². The molecule has 0 aliphatic rings. The molecule has 31 heavy (non-hydrogen) atoms. The molecule has 154 valence electrons. The van der Waals surface area contributed by atoms with Gasteiger partial charge < -0.3 is 5.11 Å². The molecule has 0 saturated heterocycles. The quantitative estimate of drug-likeness (QED) is 0.350. The molecule has 0 spiro atoms. The van der Waals surface area contributed by atoms with Crippen molar-refractivity contribution in [3.63, 3.8) is 0 Å². The Labute approximate surface area is 186 Å². The van der Waals surface area contributed by atoms with Crippen molar-refractivity contribution >= 4 is 11.3 Å². The standard InChI is InChI=1S/C27H22FNOS/c1-2-3-4-8-24-25(22-7-5-6-19(17-22)18-30)26(20-13-15-29-16-14-20)27(31-24)21-9-11-23(28)12-10-21/h5-7,9-17,30H,2-3,18H2,1H3. The fourth-order valence-electron chi connectivity index (χ4n) is 3.49. The Morgan fingerprint density at radius 1 is 0.935 bits per heavy atom. The van der Waals surface area contributed by atoms with Gasteiger partial charge in [-0.25, -0.2) is 4.39 Å². The minimum Gasteiger partial charge on any atom is -0.392 e. The van der Waals surface area contributed by atoms with E-state index in [4.69, 9.17) is 0 Å². The molecule has 0 radical (unpaired) electrons. The van der Waals surface area contributed by atoms with Crippen molar-refractivity contribution in [1.82, 2.24) is 4.98 Å². The Morgan fingerprint density at radius 2 is 1.71 bits per heavy atom. The van der Waals surface area contributed by atoms with Crippen LogP contribution in [0.3, 0.4) is 0 Å². The van der Waals surface area contributed by atoms with Crippen LogP contribution in [0.15, 0.2) is 73.1 Å². The summed E-state index contributed by atoms with van der Waals surface area (Å²) >= 11 is 1.62. The van der Waals surface area contributed by atoms with E-state index in [1.165, 1.54) is 12.1 Å². The van der Waals surface area contributed by atoms with Gasteiger partial charge in [0.1, 0.15) is 5.82 Å². The van der Waals surface area contributed by atoms with Gasteiger partial charge in [-0.2, -0.15) is 0 Å². The summed E-state index contributed by atoms with van der Waals surface area (Å²) in [4.78, 5) is 6.18. The Balaban J connectivity index is 2.04. The van der Waals surface area contributed by atoms with Crippen LogP contribution in [0.2, 0.25) is 0 Å². The third-order valence-electron chi connectivity index (χ3n) is 4.96. The number of halogens is 1. The second kappa shape index (κ2) is 9.70. The highest BCUT2D eigenvalue weighted by molar-refractivity contribution is 7.17. The monoisotopic (exact) mass is 427 g/mol. The first-order valence-electron chi connectivity index (χ1n) is 10.2. The molecule has 0 aliphatic carbocycles. The van der Waals surface area contributed by atoms with Crippen LogP contribution in [0.1, 0.15) is 30.2 Å². The fourth-order valence-corrected chi connectivity index (χ4v) is 4.71. The normalized spacial score (nSPS) is 10.5. The maximum absolute atomic E-state index is 13.6. The Kier molecular flexibility index (Phi) is 6.57. The molecule has 1 N–H and O–H groups in total. The van der Waals surface area contributed by atoms with Gasteiger partial charge in [0.05, 0.1) is 11.5 Å². The summed E-state index contributed by atoms with van der Waals surface area (Å²) in [6.07, 6.45) is 5.37. The number of aromatic nitrogens is 1. The van der Waals surface area contributed by atoms with Gasteiger partial charge in [-0.15, -0.1) is 11.3 Å². The molecule has 0 unspecified atom stereocenters. The molecular formula is C27H22FNOS. The smallest absolute Gasteiger partial charge is 0.123 e. The predicted molar refractivity (Wildman–Crippen MR) is 126 cm³/mol. The Bertz CT molecular complexity index is 1230. The van der Waals surface area contributed by atoms with Crippen LogP contribution in [-0.2, 0) is 6.61 Å². The first-order valence-corrected chi connectivity index (χ1v) is 11.0. The third-order valence-corrected chi connectivity index (χ3v) is 6.11. The molecular weight excluding hydrogens is 405 g/mol. The van der Waals surface area contributed by atoms with Gasteiger partial charge in [-0.1, -0.05) is 49.1 Å². The fraction of sp³-hybridized carbons (Fsp3) is 0.148. The lowest BCUT2D eigenvalue weighted by Crippen LogP contribution is -1.89. The van der Waals surface area contributed by atoms with Gasteiger partial charge in [0.2, 0.25) is 0 Å². The lowest BCUT2D eigenvalue weighted by atomic mass is 9.92. The van der Waals surface area contributed by atoms with Crippen molar-refractivity contribution in [3.8, 4) is 44.5 Å². The molecule has 0 aliphatic heterocycles. The van der Waals surface area contributed by atoms with Crippen LogP contribution in [0.25, 0.3) is 32.7 Å². The lowest BCUT2D eigenvalue weighted by molar-refractivity contribution is 0.282. The molecule has 4 heteroatoms. The van der Waals surface area contributed by atoms with E-state index in [9.17, 15) is 9.50 Å². The van der Waals surface area contributed by atoms with E-state index in [2.05, 4.69) is 23.7 Å². The number of aliphatic hydroxyl groups is 1. The SMILES string of the molecule is CCCC#Cc1sc(-c2ccc(F)cc2)c(-c2ccncc2)c1-c1cccc(CO)c1. The Morgan fingerprint density at radius 3 is 2.42 bits per heavy atom. The van der Waals surface area contributed by atoms with Crippen LogP contribution in [0.4, 0.5) is 4.39 Å². The highest BCUT2D eigenvalue weighted by Gasteiger charge is 2.21. The Hall–Kier alpha value is -3.26. The first kappa shape index (κ1) is 21.0. The summed E-state index contributed by atoms with van der Waals surface area (Å²) < 4.78 is 13.6. The molecule has 0 saturated carbocycles. The molecule has 2 heterocycles. The van der Waals surface area contributed by atoms with Gasteiger partial charge >= 0.3 is 0 Å². The van der Waals surface area contributed by atoms with E-state index in [-0.39, 0.29) is 12.4 Å². The van der Waals surface area contributed by atoms with Crippen LogP contribution < -0.4 is 0 Å². The van der Waals surface area contributed by atoms with Crippen molar-refractivity contribution in [1.29, 1.82) is 0 Å². The predicted octanol–water partition coefficient (Wildman–Crippen LogP) is 6.93. The summed E-state index contributed by atoms with van der Waals surface area (Å²) in [5.41, 5.74) is 5.91. The maximum Gasteiger partial charge on any atom is 0.123 e. The summed E-state index contributed by atoms with van der Waals surface area (Å²) in [6.45, 7) is 2.09. The van der Waals surface area contributed by atoms with Crippen LogP contribution in [-0.4, -0.2) is 10.1 Å². The summed E-state index contributed by atoms with van der Waals surface area (Å²) in [6, 6.07) is 18.5. The number of thiophene rings is 1. The molecule has 0 bridgehead atoms. The molecule has 2 nitrogen and oxygen atoms in total. The number of aliphatic hydroxyl groups excluding tert-OH is 1. The largest absolute Gasteiger partial charge is 0.392 e. The van der Waals surface area contributed by atoms with Crippen molar-refractivity contribution < 1.29 is 9.50 Å². The highest BCUT2D eigenvalue weighted by atomic mass is 32.1. The molecule has 4 aromatic rings. The topological polar surface area (TPSA) is 33.1 Å². The zero-order valence-corrected chi connectivity index (χ0v) is 18.0. The average Bonchev–Trinajstić information content (AvgIpc) is 3.20. The number of benzene rings is 2. The van der Waals surface area contributed by atoms with E-state index in [0.29, 0.717) is 0 Å². The molecule has 0 fully saturated rings. The van der Waals surface area contributed by atoms with Gasteiger partial charge in [0.25, 0.3) is 0 Å². The van der Waals surface area contributed by atoms with Gasteiger partial charge in [0.15, 0.2) is 0 Å². The summed E-state index contributed by atoms with van der Waals surface area (Å²) in [5.74, 6) is 6.40. The molecule has 4 rings (SSSR count). The van der Waals surface area contributed by atoms with Gasteiger partial charge in [-0.3, -0.25) is 4.98 Å². The van der Waals surface area contributed by atoms with Crippen molar-refractivity contribution in [2.45, 2.75) is 26.4 Å². The van der Waals surface area contributed by atoms with Gasteiger partial charge in [-0.05, 0) is 59.0 Å². The van der Waals surface area contributed by atoms with E-state index in [0.717, 1.165) is 56.0 Å². The number of pyridine rings is 1. The second-order valence-corrected chi connectivity index (χ2v) is 8.18. The zero-order valence-electron chi connectivity index (χ0n) is 17.2. The lowest BCUT2D eigenvalue weighted by Gasteiger charge is -2.10. The van der Waals surface area contributed by atoms with Crippen LogP contribution in [0, 0.1) is 17.7 Å². The molecule has 2 aromatic heterocycles. The maximum atomic E-state index is 13.6. The van der Waals surface area contributed by atoms with Gasteiger partial charge in [0, 0.05) is 34.8 Å². The average molecular weight is 428 g/mol. The second-order valence-electron chi connectivity index (χ2n) is 7.16. The van der Waals surface area contributed by atoms with E-state index in [1.54, 1.807) is 23.7 Å². The number of nitrogens with zero attached hydrogens (tertiary/aromatic N) is 1. The molecule has 0 amide bonds. The number of unbranched alkanes of at least 4 members (excludes halogenated alkanes) is 1. The molecule has 2 aromatic carbocycles. The summed E-state index contributed by atoms with van der Waals surface area (Å²) in [7, 11) is 0. The van der Waals surface area contributed by atoms with Crippen molar-refractivity contribution in [2.24, 2.45) is 0 Å². The summed E-state index contributed by atoms with van der Waals surface area (Å²) in [5, 5.41) is 9.68. The van der Waals surface area contributed by atoms with Crippen LogP contribution >= 0.6 is 11.3 Å². The minimum atomic E-state index is -0.260. The molecule has 0 atom stereocenters. The minimum absolute atomic E-state index is 0.0236. The number of hydrogen-bond acceptors (Lipinski definition) is 3. The van der Waals surface area contributed by atoms with Crippen molar-refractivity contribution in [2.75, 3.05) is 0 Å². The highest BCUT2D eigenvalue weighted by Crippen LogP contribution is 2.47. The van der Waals surface area contributed by atoms with E-state index >= 15 is 0 Å². The van der Waals surface area contributed by atoms with Crippen LogP contribution in [0.5, 0.6) is 0 Å². The number of hydrogen-bond donors (Lipinski definition) is 1. The third kappa shape index (κ3) is 4.59.